The molecule has 3 aromatic carbocycles. The van der Waals surface area contributed by atoms with Gasteiger partial charge in [0.2, 0.25) is 0 Å². The molecule has 4 rings (SSSR count). The maximum Gasteiger partial charge on any atom is 0.269 e. The van der Waals surface area contributed by atoms with E-state index in [1.54, 1.807) is 42.5 Å². The van der Waals surface area contributed by atoms with E-state index in [2.05, 4.69) is 10.3 Å². The van der Waals surface area contributed by atoms with Gasteiger partial charge in [-0.15, -0.1) is 0 Å². The van der Waals surface area contributed by atoms with Crippen molar-refractivity contribution in [1.29, 1.82) is 0 Å². The molecule has 0 bridgehead atoms. The lowest BCUT2D eigenvalue weighted by Gasteiger charge is -2.06. The molecule has 9 heteroatoms. The second-order valence-electron chi connectivity index (χ2n) is 6.71. The lowest BCUT2D eigenvalue weighted by atomic mass is 10.2. The number of para-hydroxylation sites is 1. The average Bonchev–Trinajstić information content (AvgIpc) is 3.13. The van der Waals surface area contributed by atoms with Crippen molar-refractivity contribution >= 4 is 51.9 Å². The summed E-state index contributed by atoms with van der Waals surface area (Å²) in [7, 11) is 0. The fourth-order valence-corrected chi connectivity index (χ4v) is 3.84. The Balaban J connectivity index is 1.39. The van der Waals surface area contributed by atoms with Crippen LogP contribution in [0.15, 0.2) is 82.7 Å². The lowest BCUT2D eigenvalue weighted by Crippen LogP contribution is -2.19. The number of halogens is 1. The molecule has 0 unspecified atom stereocenters. The molecule has 0 aliphatic carbocycles. The van der Waals surface area contributed by atoms with Gasteiger partial charge in [0.15, 0.2) is 5.17 Å². The Hall–Kier alpha value is -3.62. The van der Waals surface area contributed by atoms with Crippen LogP contribution in [0.25, 0.3) is 6.08 Å². The van der Waals surface area contributed by atoms with Crippen LogP contribution in [0.1, 0.15) is 11.1 Å². The third-order valence-electron chi connectivity index (χ3n) is 4.46. The Morgan fingerprint density at radius 1 is 1.06 bits per heavy atom. The number of nitrogens with one attached hydrogen (secondary N) is 1. The number of nitro groups is 1. The molecule has 0 spiro atoms. The number of benzene rings is 3. The fraction of sp³-hybridized carbons (Fsp3) is 0.0435. The minimum absolute atomic E-state index is 0.0417. The first-order chi connectivity index (χ1) is 15.5. The number of rotatable bonds is 6. The maximum atomic E-state index is 12.3. The number of amides is 1. The van der Waals surface area contributed by atoms with Crippen molar-refractivity contribution in [3.8, 4) is 5.75 Å². The van der Waals surface area contributed by atoms with E-state index in [9.17, 15) is 14.9 Å². The summed E-state index contributed by atoms with van der Waals surface area (Å²) in [6, 6.07) is 20.7. The van der Waals surface area contributed by atoms with Crippen molar-refractivity contribution < 1.29 is 14.5 Å². The van der Waals surface area contributed by atoms with Crippen LogP contribution in [-0.2, 0) is 11.4 Å². The number of hydrogen-bond donors (Lipinski definition) is 1. The molecule has 1 saturated heterocycles. The number of thioether (sulfide) groups is 1. The predicted octanol–water partition coefficient (Wildman–Crippen LogP) is 5.72. The van der Waals surface area contributed by atoms with Gasteiger partial charge >= 0.3 is 0 Å². The van der Waals surface area contributed by atoms with Gasteiger partial charge in [-0.05, 0) is 65.4 Å². The number of amidine groups is 1. The van der Waals surface area contributed by atoms with E-state index >= 15 is 0 Å². The highest BCUT2D eigenvalue weighted by atomic mass is 35.5. The normalized spacial score (nSPS) is 15.7. The van der Waals surface area contributed by atoms with Gasteiger partial charge in [0, 0.05) is 12.1 Å². The highest BCUT2D eigenvalue weighted by molar-refractivity contribution is 8.18. The van der Waals surface area contributed by atoms with Crippen LogP contribution in [-0.4, -0.2) is 16.0 Å². The number of carbonyl (C=O) groups is 1. The summed E-state index contributed by atoms with van der Waals surface area (Å²) in [6.07, 6.45) is 1.77. The van der Waals surface area contributed by atoms with Crippen LogP contribution in [0.2, 0.25) is 5.02 Å². The van der Waals surface area contributed by atoms with E-state index in [4.69, 9.17) is 16.3 Å². The monoisotopic (exact) mass is 465 g/mol. The Kier molecular flexibility index (Phi) is 6.53. The summed E-state index contributed by atoms with van der Waals surface area (Å²) in [5, 5.41) is 14.4. The van der Waals surface area contributed by atoms with E-state index in [0.717, 1.165) is 11.1 Å². The predicted molar refractivity (Wildman–Crippen MR) is 126 cm³/mol. The van der Waals surface area contributed by atoms with Crippen molar-refractivity contribution in [3.63, 3.8) is 0 Å². The van der Waals surface area contributed by atoms with E-state index in [0.29, 0.717) is 33.1 Å². The van der Waals surface area contributed by atoms with Crippen LogP contribution in [0, 0.1) is 10.1 Å². The molecule has 0 atom stereocenters. The number of aliphatic imine (C=N–C) groups is 1. The zero-order valence-corrected chi connectivity index (χ0v) is 18.1. The molecule has 0 radical (unpaired) electrons. The van der Waals surface area contributed by atoms with Gasteiger partial charge in [-0.1, -0.05) is 35.9 Å². The average molecular weight is 466 g/mol. The molecule has 1 fully saturated rings. The van der Waals surface area contributed by atoms with Crippen LogP contribution in [0.4, 0.5) is 11.4 Å². The maximum absolute atomic E-state index is 12.3. The van der Waals surface area contributed by atoms with E-state index in [-0.39, 0.29) is 11.6 Å². The van der Waals surface area contributed by atoms with Crippen molar-refractivity contribution in [3.05, 3.63) is 104 Å². The Morgan fingerprint density at radius 2 is 1.78 bits per heavy atom. The van der Waals surface area contributed by atoms with Gasteiger partial charge in [0.1, 0.15) is 12.4 Å². The third kappa shape index (κ3) is 5.35. The van der Waals surface area contributed by atoms with Crippen molar-refractivity contribution in [2.45, 2.75) is 6.61 Å². The van der Waals surface area contributed by atoms with E-state index < -0.39 is 4.92 Å². The third-order valence-corrected chi connectivity index (χ3v) is 5.69. The summed E-state index contributed by atoms with van der Waals surface area (Å²) >= 11 is 7.37. The number of nitro benzene ring substituents is 1. The summed E-state index contributed by atoms with van der Waals surface area (Å²) < 4.78 is 5.73. The van der Waals surface area contributed by atoms with Crippen molar-refractivity contribution in [2.24, 2.45) is 4.99 Å². The van der Waals surface area contributed by atoms with Crippen molar-refractivity contribution in [2.75, 3.05) is 0 Å². The summed E-state index contributed by atoms with van der Waals surface area (Å²) in [4.78, 5) is 27.5. The minimum atomic E-state index is -0.438. The van der Waals surface area contributed by atoms with Crippen LogP contribution in [0.5, 0.6) is 5.75 Å². The number of nitrogens with zero attached hydrogens (tertiary/aromatic N) is 2. The molecule has 1 aliphatic rings. The highest BCUT2D eigenvalue weighted by Crippen LogP contribution is 2.31. The van der Waals surface area contributed by atoms with Crippen LogP contribution >= 0.6 is 23.4 Å². The molecule has 7 nitrogen and oxygen atoms in total. The van der Waals surface area contributed by atoms with Gasteiger partial charge < -0.3 is 10.1 Å². The molecule has 3 aromatic rings. The second kappa shape index (κ2) is 9.67. The number of hydrogen-bond acceptors (Lipinski definition) is 6. The van der Waals surface area contributed by atoms with Crippen LogP contribution in [0.3, 0.4) is 0 Å². The standard InChI is InChI=1S/C23H16ClN3O4S/c24-19-3-1-2-4-20(19)25-23-26-22(28)21(32-23)13-15-7-11-18(12-8-15)31-14-16-5-9-17(10-6-16)27(29)30/h1-13H,14H2,(H,25,26,28). The molecular formula is C23H16ClN3O4S. The second-order valence-corrected chi connectivity index (χ2v) is 8.15. The number of non-ortho nitro benzene ring substituents is 1. The summed E-state index contributed by atoms with van der Waals surface area (Å²) in [6.45, 7) is 0.290. The molecule has 1 amide bonds. The fourth-order valence-electron chi connectivity index (χ4n) is 2.82. The number of carbonyl (C=O) groups excluding carboxylic acids is 1. The molecule has 32 heavy (non-hydrogen) atoms. The van der Waals surface area contributed by atoms with E-state index in [1.165, 1.54) is 23.9 Å². The number of ether oxygens (including phenoxy) is 1. The molecule has 1 aliphatic heterocycles. The van der Waals surface area contributed by atoms with Gasteiger partial charge in [0.25, 0.3) is 11.6 Å². The van der Waals surface area contributed by atoms with Gasteiger partial charge in [-0.25, -0.2) is 4.99 Å². The minimum Gasteiger partial charge on any atom is -0.489 e. The van der Waals surface area contributed by atoms with Gasteiger partial charge in [-0.3, -0.25) is 14.9 Å². The first-order valence-corrected chi connectivity index (χ1v) is 10.7. The zero-order chi connectivity index (χ0) is 22.5. The quantitative estimate of drug-likeness (QED) is 0.285. The van der Waals surface area contributed by atoms with E-state index in [1.807, 2.05) is 24.3 Å². The Bertz CT molecular complexity index is 1220. The first-order valence-electron chi connectivity index (χ1n) is 9.48. The molecule has 1 N–H and O–H groups in total. The SMILES string of the molecule is O=C1NC(=Nc2ccccc2Cl)SC1=Cc1ccc(OCc2ccc([N+](=O)[O-])cc2)cc1. The van der Waals surface area contributed by atoms with Crippen LogP contribution < -0.4 is 10.1 Å². The smallest absolute Gasteiger partial charge is 0.269 e. The molecule has 1 heterocycles. The summed E-state index contributed by atoms with van der Waals surface area (Å²) in [5.74, 6) is 0.425. The highest BCUT2D eigenvalue weighted by Gasteiger charge is 2.24. The molecule has 160 valence electrons. The van der Waals surface area contributed by atoms with Gasteiger partial charge in [-0.2, -0.15) is 0 Å². The zero-order valence-electron chi connectivity index (χ0n) is 16.5. The van der Waals surface area contributed by atoms with Crippen molar-refractivity contribution in [1.82, 2.24) is 5.32 Å². The largest absolute Gasteiger partial charge is 0.489 e. The topological polar surface area (TPSA) is 93.8 Å². The molecular weight excluding hydrogens is 450 g/mol. The molecule has 0 saturated carbocycles. The molecule has 0 aromatic heterocycles. The van der Waals surface area contributed by atoms with Gasteiger partial charge in [0.05, 0.1) is 20.5 Å². The lowest BCUT2D eigenvalue weighted by molar-refractivity contribution is -0.384. The Labute approximate surface area is 192 Å². The first kappa shape index (κ1) is 21.6. The summed E-state index contributed by atoms with van der Waals surface area (Å²) in [5.41, 5.74) is 2.29. The Morgan fingerprint density at radius 3 is 2.47 bits per heavy atom.